The van der Waals surface area contributed by atoms with Crippen molar-refractivity contribution in [2.24, 2.45) is 10.7 Å². The van der Waals surface area contributed by atoms with Crippen LogP contribution in [0.25, 0.3) is 11.0 Å². The lowest BCUT2D eigenvalue weighted by molar-refractivity contribution is 0.355. The second kappa shape index (κ2) is 8.96. The van der Waals surface area contributed by atoms with Crippen LogP contribution in [0, 0.1) is 17.7 Å². The number of aromatic nitrogens is 3. The molecule has 2 aromatic heterocycles. The van der Waals surface area contributed by atoms with Crippen LogP contribution in [0.2, 0.25) is 0 Å². The summed E-state index contributed by atoms with van der Waals surface area (Å²) in [5, 5.41) is 3.15. The molecule has 0 saturated heterocycles. The van der Waals surface area contributed by atoms with Crippen molar-refractivity contribution in [3.05, 3.63) is 48.0 Å². The molecular formula is C24H27FN6O3S. The molecule has 0 saturated carbocycles. The Morgan fingerprint density at radius 2 is 2.00 bits per heavy atom. The Balaban J connectivity index is 1.68. The van der Waals surface area contributed by atoms with Crippen molar-refractivity contribution in [1.29, 1.82) is 0 Å². The summed E-state index contributed by atoms with van der Waals surface area (Å²) in [6, 6.07) is 6.11. The van der Waals surface area contributed by atoms with Gasteiger partial charge in [-0.2, -0.15) is 10.6 Å². The number of anilines is 2. The van der Waals surface area contributed by atoms with Gasteiger partial charge < -0.3 is 15.8 Å². The van der Waals surface area contributed by atoms with Crippen molar-refractivity contribution in [3.8, 4) is 17.7 Å². The van der Waals surface area contributed by atoms with Crippen LogP contribution in [-0.4, -0.2) is 47.0 Å². The Morgan fingerprint density at radius 3 is 2.71 bits per heavy atom. The van der Waals surface area contributed by atoms with Crippen LogP contribution >= 0.6 is 10.6 Å². The minimum Gasteiger partial charge on any atom is -0.463 e. The summed E-state index contributed by atoms with van der Waals surface area (Å²) in [4.78, 5) is 17.7. The molecule has 0 aliphatic carbocycles. The van der Waals surface area contributed by atoms with Gasteiger partial charge in [-0.25, -0.2) is 19.3 Å². The number of benzene rings is 1. The first-order valence-corrected chi connectivity index (χ1v) is 12.5. The van der Waals surface area contributed by atoms with Gasteiger partial charge in [0.05, 0.1) is 17.5 Å². The number of nitrogens with two attached hydrogens (primary N) is 1. The number of fused-ring (bicyclic) bond motifs is 1. The number of rotatable bonds is 5. The van der Waals surface area contributed by atoms with Gasteiger partial charge in [0, 0.05) is 17.4 Å². The number of nitrogens with zero attached hydrogens (tertiary/aromatic N) is 4. The van der Waals surface area contributed by atoms with Crippen LogP contribution < -0.4 is 15.8 Å². The molecule has 184 valence electrons. The van der Waals surface area contributed by atoms with Gasteiger partial charge >= 0.3 is 0 Å². The molecule has 3 aromatic rings. The van der Waals surface area contributed by atoms with E-state index in [1.165, 1.54) is 12.3 Å². The Morgan fingerprint density at radius 1 is 1.23 bits per heavy atom. The third-order valence-electron chi connectivity index (χ3n) is 6.00. The van der Waals surface area contributed by atoms with Crippen LogP contribution in [-0.2, 0) is 5.54 Å². The first-order chi connectivity index (χ1) is 16.5. The zero-order chi connectivity index (χ0) is 25.4. The summed E-state index contributed by atoms with van der Waals surface area (Å²) >= 11 is 0. The van der Waals surface area contributed by atoms with E-state index >= 15 is 0 Å². The zero-order valence-corrected chi connectivity index (χ0v) is 20.6. The second-order valence-corrected chi connectivity index (χ2v) is 11.5. The highest BCUT2D eigenvalue weighted by molar-refractivity contribution is 8.26. The quantitative estimate of drug-likeness (QED) is 0.379. The second-order valence-electron chi connectivity index (χ2n) is 8.86. The van der Waals surface area contributed by atoms with E-state index in [4.69, 9.17) is 10.5 Å². The van der Waals surface area contributed by atoms with Gasteiger partial charge in [0.1, 0.15) is 27.5 Å². The predicted octanol–water partition coefficient (Wildman–Crippen LogP) is 4.42. The molecule has 1 aliphatic rings. The van der Waals surface area contributed by atoms with Crippen molar-refractivity contribution in [2.45, 2.75) is 38.0 Å². The highest BCUT2D eigenvalue weighted by Crippen LogP contribution is 2.59. The van der Waals surface area contributed by atoms with E-state index in [0.29, 0.717) is 28.4 Å². The van der Waals surface area contributed by atoms with Gasteiger partial charge in [0.25, 0.3) is 0 Å². The lowest BCUT2D eigenvalue weighted by Gasteiger charge is -2.53. The van der Waals surface area contributed by atoms with Crippen molar-refractivity contribution < 1.29 is 18.2 Å². The van der Waals surface area contributed by atoms with Gasteiger partial charge in [0.2, 0.25) is 5.88 Å². The average Bonchev–Trinajstić information content (AvgIpc) is 2.79. The summed E-state index contributed by atoms with van der Waals surface area (Å²) in [6.07, 6.45) is 3.06. The van der Waals surface area contributed by atoms with E-state index in [-0.39, 0.29) is 23.8 Å². The van der Waals surface area contributed by atoms with Gasteiger partial charge in [-0.3, -0.25) is 14.1 Å². The third-order valence-corrected chi connectivity index (χ3v) is 8.81. The highest BCUT2D eigenvalue weighted by atomic mass is 32.3. The number of halogens is 1. The largest absolute Gasteiger partial charge is 0.463 e. The number of hydrogen-bond acceptors (Lipinski definition) is 9. The van der Waals surface area contributed by atoms with Crippen molar-refractivity contribution in [1.82, 2.24) is 15.0 Å². The molecule has 0 bridgehead atoms. The summed E-state index contributed by atoms with van der Waals surface area (Å²) in [5.74, 6) is 5.67. The standard InChI is InChI=1S/C24H27FN6O3S/c1-5-6-11-34-19-13-28-20-18(30-19)9-10-27-21(20)29-15-7-8-17(25)16(12-15)24(4)14-35(32,33)23(2,3)22(26)31-24/h7-10,12-13,32-33H,11,14H2,1-4H3,(H2,26,31)(H,27,29)/t24-/m0/s1. The molecule has 5 N–H and O–H groups in total. The number of pyridine rings is 1. The highest BCUT2D eigenvalue weighted by Gasteiger charge is 2.49. The number of aliphatic imine (C=N–C) groups is 1. The van der Waals surface area contributed by atoms with E-state index in [2.05, 4.69) is 37.1 Å². The van der Waals surface area contributed by atoms with Crippen LogP contribution in [0.15, 0.2) is 41.7 Å². The molecular weight excluding hydrogens is 471 g/mol. The normalized spacial score (nSPS) is 21.4. The lowest BCUT2D eigenvalue weighted by Crippen LogP contribution is -2.52. The van der Waals surface area contributed by atoms with Crippen LogP contribution in [0.1, 0.15) is 33.3 Å². The Bertz CT molecular complexity index is 1380. The summed E-state index contributed by atoms with van der Waals surface area (Å²) in [5.41, 5.74) is 6.57. The first-order valence-electron chi connectivity index (χ1n) is 10.8. The van der Waals surface area contributed by atoms with E-state index < -0.39 is 26.7 Å². The molecule has 0 unspecified atom stereocenters. The van der Waals surface area contributed by atoms with Crippen molar-refractivity contribution >= 4 is 39.0 Å². The Labute approximate surface area is 204 Å². The maximum atomic E-state index is 15.0. The fourth-order valence-corrected chi connectivity index (χ4v) is 5.48. The topological polar surface area (TPSA) is 139 Å². The number of nitrogens with one attached hydrogen (secondary N) is 1. The third kappa shape index (κ3) is 4.60. The molecule has 1 aromatic carbocycles. The fourth-order valence-electron chi connectivity index (χ4n) is 3.73. The molecule has 1 atom stereocenters. The molecule has 3 heterocycles. The van der Waals surface area contributed by atoms with Crippen LogP contribution in [0.4, 0.5) is 15.9 Å². The minimum absolute atomic E-state index is 0.0675. The van der Waals surface area contributed by atoms with Gasteiger partial charge in [-0.15, -0.1) is 5.92 Å². The molecule has 9 nitrogen and oxygen atoms in total. The van der Waals surface area contributed by atoms with E-state index in [0.717, 1.165) is 0 Å². The molecule has 0 amide bonds. The van der Waals surface area contributed by atoms with E-state index in [1.807, 2.05) is 0 Å². The van der Waals surface area contributed by atoms with Crippen LogP contribution in [0.5, 0.6) is 5.88 Å². The first kappa shape index (κ1) is 24.7. The molecule has 35 heavy (non-hydrogen) atoms. The lowest BCUT2D eigenvalue weighted by atomic mass is 9.92. The number of hydrogen-bond donors (Lipinski definition) is 4. The molecule has 1 aliphatic heterocycles. The summed E-state index contributed by atoms with van der Waals surface area (Å²) < 4.78 is 40.9. The van der Waals surface area contributed by atoms with Crippen LogP contribution in [0.3, 0.4) is 0 Å². The van der Waals surface area contributed by atoms with Crippen molar-refractivity contribution in [2.75, 3.05) is 17.7 Å². The summed E-state index contributed by atoms with van der Waals surface area (Å²) in [6.45, 7) is 6.81. The van der Waals surface area contributed by atoms with E-state index in [1.54, 1.807) is 52.1 Å². The zero-order valence-electron chi connectivity index (χ0n) is 19.8. The predicted molar refractivity (Wildman–Crippen MR) is 137 cm³/mol. The number of ether oxygens (including phenoxy) is 1. The minimum atomic E-state index is -3.19. The Kier molecular flexibility index (Phi) is 6.31. The summed E-state index contributed by atoms with van der Waals surface area (Å²) in [7, 11) is -3.19. The molecule has 0 spiro atoms. The average molecular weight is 499 g/mol. The smallest absolute Gasteiger partial charge is 0.233 e. The SMILES string of the molecule is CC#CCOc1cnc2c(Nc3ccc(F)c([C@]4(C)CS(O)(O)C(C)(C)C(N)=N4)c3)nccc2n1. The fraction of sp³-hybridized carbons (Fsp3) is 0.333. The molecule has 4 rings (SSSR count). The maximum Gasteiger partial charge on any atom is 0.233 e. The number of amidine groups is 1. The van der Waals surface area contributed by atoms with Gasteiger partial charge in [-0.1, -0.05) is 5.92 Å². The monoisotopic (exact) mass is 498 g/mol. The molecule has 0 fully saturated rings. The molecule has 0 radical (unpaired) electrons. The van der Waals surface area contributed by atoms with Crippen molar-refractivity contribution in [3.63, 3.8) is 0 Å². The Hall–Kier alpha value is -3.46. The molecule has 11 heteroatoms. The van der Waals surface area contributed by atoms with E-state index in [9.17, 15) is 13.5 Å². The van der Waals surface area contributed by atoms with Gasteiger partial charge in [-0.05, 0) is 52.0 Å². The van der Waals surface area contributed by atoms with Gasteiger partial charge in [0.15, 0.2) is 12.4 Å². The maximum absolute atomic E-state index is 15.0.